The van der Waals surface area contributed by atoms with E-state index < -0.39 is 0 Å². The molecule has 0 saturated carbocycles. The van der Waals surface area contributed by atoms with Gasteiger partial charge < -0.3 is 10.6 Å². The first-order chi connectivity index (χ1) is 7.33. The van der Waals surface area contributed by atoms with Gasteiger partial charge in [0.2, 0.25) is 0 Å². The molecule has 0 saturated heterocycles. The zero-order chi connectivity index (χ0) is 10.9. The van der Waals surface area contributed by atoms with Gasteiger partial charge in [-0.15, -0.1) is 0 Å². The molecule has 0 aliphatic carbocycles. The highest BCUT2D eigenvalue weighted by atomic mass is 14.9. The largest absolute Gasteiger partial charge is 0.390 e. The van der Waals surface area contributed by atoms with Crippen molar-refractivity contribution in [2.75, 3.05) is 19.6 Å². The lowest BCUT2D eigenvalue weighted by Crippen LogP contribution is -2.26. The van der Waals surface area contributed by atoms with E-state index in [1.165, 1.54) is 11.1 Å². The summed E-state index contributed by atoms with van der Waals surface area (Å²) >= 11 is 0. The van der Waals surface area contributed by atoms with E-state index >= 15 is 0 Å². The van der Waals surface area contributed by atoms with Gasteiger partial charge in [0.1, 0.15) is 0 Å². The summed E-state index contributed by atoms with van der Waals surface area (Å²) in [5.74, 6) is 0. The van der Waals surface area contributed by atoms with Gasteiger partial charge in [0, 0.05) is 13.1 Å². The zero-order valence-electron chi connectivity index (χ0n) is 9.42. The highest BCUT2D eigenvalue weighted by Gasteiger charge is 1.92. The van der Waals surface area contributed by atoms with Crippen molar-refractivity contribution >= 4 is 0 Å². The molecule has 0 amide bonds. The smallest absolute Gasteiger partial charge is 0.0266 e. The van der Waals surface area contributed by atoms with Gasteiger partial charge in [0.15, 0.2) is 0 Å². The van der Waals surface area contributed by atoms with Crippen LogP contribution in [0.25, 0.3) is 0 Å². The molecule has 0 atom stereocenters. The lowest BCUT2D eigenvalue weighted by Gasteiger charge is -2.05. The average molecular weight is 204 g/mol. The average Bonchev–Trinajstić information content (AvgIpc) is 2.23. The monoisotopic (exact) mass is 204 g/mol. The normalized spacial score (nSPS) is 9.93. The van der Waals surface area contributed by atoms with Gasteiger partial charge in [-0.2, -0.15) is 0 Å². The Balaban J connectivity index is 2.12. The molecule has 0 fully saturated rings. The van der Waals surface area contributed by atoms with Gasteiger partial charge in [-0.3, -0.25) is 0 Å². The van der Waals surface area contributed by atoms with Crippen LogP contribution in [0.3, 0.4) is 0 Å². The fourth-order valence-corrected chi connectivity index (χ4v) is 1.49. The maximum atomic E-state index is 3.60. The van der Waals surface area contributed by atoms with Crippen molar-refractivity contribution in [1.29, 1.82) is 0 Å². The summed E-state index contributed by atoms with van der Waals surface area (Å²) in [5, 5.41) is 6.44. The fraction of sp³-hybridized carbons (Fsp3) is 0.385. The van der Waals surface area contributed by atoms with Crippen LogP contribution in [0.5, 0.6) is 0 Å². The predicted molar refractivity (Wildman–Crippen MR) is 66.0 cm³/mol. The Morgan fingerprint density at radius 1 is 1.27 bits per heavy atom. The first kappa shape index (κ1) is 11.8. The SMILES string of the molecule is C=CNCCNCCc1cccc(C)c1. The molecule has 1 aromatic carbocycles. The molecule has 1 rings (SSSR count). The molecule has 0 bridgehead atoms. The Morgan fingerprint density at radius 2 is 2.13 bits per heavy atom. The highest BCUT2D eigenvalue weighted by molar-refractivity contribution is 5.22. The lowest BCUT2D eigenvalue weighted by molar-refractivity contribution is 0.660. The van der Waals surface area contributed by atoms with Crippen LogP contribution < -0.4 is 10.6 Å². The fourth-order valence-electron chi connectivity index (χ4n) is 1.49. The maximum Gasteiger partial charge on any atom is 0.0266 e. The van der Waals surface area contributed by atoms with Gasteiger partial charge in [-0.05, 0) is 31.7 Å². The molecule has 0 aliphatic rings. The second-order valence-electron chi connectivity index (χ2n) is 3.65. The van der Waals surface area contributed by atoms with Gasteiger partial charge in [0.05, 0.1) is 0 Å². The molecule has 82 valence electrons. The van der Waals surface area contributed by atoms with Gasteiger partial charge in [0.25, 0.3) is 0 Å². The predicted octanol–water partition coefficient (Wildman–Crippen LogP) is 1.86. The second-order valence-corrected chi connectivity index (χ2v) is 3.65. The summed E-state index contributed by atoms with van der Waals surface area (Å²) < 4.78 is 0. The Labute approximate surface area is 92.4 Å². The van der Waals surface area contributed by atoms with E-state index in [1.807, 2.05) is 0 Å². The third kappa shape index (κ3) is 5.23. The summed E-state index contributed by atoms with van der Waals surface area (Å²) in [6, 6.07) is 8.66. The van der Waals surface area contributed by atoms with Crippen LogP contribution in [-0.4, -0.2) is 19.6 Å². The van der Waals surface area contributed by atoms with E-state index in [1.54, 1.807) is 6.20 Å². The van der Waals surface area contributed by atoms with Crippen LogP contribution in [0.15, 0.2) is 37.0 Å². The minimum atomic E-state index is 0.942. The van der Waals surface area contributed by atoms with Crippen molar-refractivity contribution in [2.24, 2.45) is 0 Å². The van der Waals surface area contributed by atoms with E-state index in [4.69, 9.17) is 0 Å². The van der Waals surface area contributed by atoms with Crippen LogP contribution >= 0.6 is 0 Å². The molecule has 0 unspecified atom stereocenters. The number of rotatable bonds is 7. The number of nitrogens with one attached hydrogen (secondary N) is 2. The zero-order valence-corrected chi connectivity index (χ0v) is 9.42. The number of benzene rings is 1. The van der Waals surface area contributed by atoms with Crippen molar-refractivity contribution < 1.29 is 0 Å². The van der Waals surface area contributed by atoms with E-state index in [2.05, 4.69) is 48.4 Å². The van der Waals surface area contributed by atoms with Gasteiger partial charge >= 0.3 is 0 Å². The van der Waals surface area contributed by atoms with Crippen molar-refractivity contribution in [2.45, 2.75) is 13.3 Å². The number of hydrogen-bond acceptors (Lipinski definition) is 2. The molecular formula is C13H20N2. The van der Waals surface area contributed by atoms with E-state index in [9.17, 15) is 0 Å². The third-order valence-electron chi connectivity index (χ3n) is 2.26. The number of hydrogen-bond donors (Lipinski definition) is 2. The van der Waals surface area contributed by atoms with Crippen LogP contribution in [-0.2, 0) is 6.42 Å². The summed E-state index contributed by atoms with van der Waals surface area (Å²) in [5.41, 5.74) is 2.74. The van der Waals surface area contributed by atoms with Crippen molar-refractivity contribution in [3.05, 3.63) is 48.2 Å². The first-order valence-corrected chi connectivity index (χ1v) is 5.43. The quantitative estimate of drug-likeness (QED) is 0.662. The Kier molecular flexibility index (Phi) is 5.56. The molecule has 2 N–H and O–H groups in total. The van der Waals surface area contributed by atoms with Crippen molar-refractivity contribution in [1.82, 2.24) is 10.6 Å². The summed E-state index contributed by atoms with van der Waals surface area (Å²) in [6.07, 6.45) is 2.82. The molecule has 15 heavy (non-hydrogen) atoms. The van der Waals surface area contributed by atoms with Crippen LogP contribution in [0.1, 0.15) is 11.1 Å². The van der Waals surface area contributed by atoms with Gasteiger partial charge in [-0.1, -0.05) is 36.4 Å². The van der Waals surface area contributed by atoms with Gasteiger partial charge in [-0.25, -0.2) is 0 Å². The Morgan fingerprint density at radius 3 is 2.87 bits per heavy atom. The first-order valence-electron chi connectivity index (χ1n) is 5.43. The molecule has 2 heteroatoms. The van der Waals surface area contributed by atoms with E-state index in [-0.39, 0.29) is 0 Å². The van der Waals surface area contributed by atoms with E-state index in [0.717, 1.165) is 26.1 Å². The van der Waals surface area contributed by atoms with Crippen molar-refractivity contribution in [3.8, 4) is 0 Å². The maximum absolute atomic E-state index is 3.60. The Hall–Kier alpha value is -1.28. The Bertz CT molecular complexity index is 294. The molecule has 0 heterocycles. The molecule has 1 aromatic rings. The lowest BCUT2D eigenvalue weighted by atomic mass is 10.1. The number of aryl methyl sites for hydroxylation is 1. The second kappa shape index (κ2) is 7.07. The minimum Gasteiger partial charge on any atom is -0.390 e. The van der Waals surface area contributed by atoms with E-state index in [0.29, 0.717) is 0 Å². The molecular weight excluding hydrogens is 184 g/mol. The topological polar surface area (TPSA) is 24.1 Å². The molecule has 0 aromatic heterocycles. The van der Waals surface area contributed by atoms with Crippen LogP contribution in [0.2, 0.25) is 0 Å². The minimum absolute atomic E-state index is 0.942. The molecule has 2 nitrogen and oxygen atoms in total. The summed E-state index contributed by atoms with van der Waals surface area (Å²) in [6.45, 7) is 8.68. The molecule has 0 aliphatic heterocycles. The third-order valence-corrected chi connectivity index (χ3v) is 2.26. The molecule has 0 radical (unpaired) electrons. The standard InChI is InChI=1S/C13H20N2/c1-3-14-9-10-15-8-7-13-6-4-5-12(2)11-13/h3-6,11,14-15H,1,7-10H2,2H3. The van der Waals surface area contributed by atoms with Crippen LogP contribution in [0, 0.1) is 6.92 Å². The summed E-state index contributed by atoms with van der Waals surface area (Å²) in [7, 11) is 0. The summed E-state index contributed by atoms with van der Waals surface area (Å²) in [4.78, 5) is 0. The molecule has 0 spiro atoms. The van der Waals surface area contributed by atoms with Crippen LogP contribution in [0.4, 0.5) is 0 Å². The van der Waals surface area contributed by atoms with Crippen molar-refractivity contribution in [3.63, 3.8) is 0 Å². The highest BCUT2D eigenvalue weighted by Crippen LogP contribution is 2.03.